The number of rotatable bonds is 16. The Bertz CT molecular complexity index is 4560. The Balaban J connectivity index is 0.000000163. The van der Waals surface area contributed by atoms with E-state index >= 15 is 9.59 Å². The van der Waals surface area contributed by atoms with Gasteiger partial charge in [0.15, 0.2) is 78.0 Å². The highest BCUT2D eigenvalue weighted by atomic mass is 17.3. The second-order valence-corrected chi connectivity index (χ2v) is 50.1. The number of ether oxygens (including phenoxy) is 17. The number of carbonyl (C=O) groups is 9. The largest absolute Gasteiger partial charge is 0.511 e. The minimum Gasteiger partial charge on any atom is -0.435 e. The predicted molar refractivity (Wildman–Crippen MR) is 488 cm³/mol. The normalized spacial score (nSPS) is 53.0. The van der Waals surface area contributed by atoms with Crippen LogP contribution in [-0.4, -0.2) is 214 Å². The van der Waals surface area contributed by atoms with E-state index in [4.69, 9.17) is 139 Å². The van der Waals surface area contributed by atoms with Crippen molar-refractivity contribution in [2.75, 3.05) is 6.61 Å². The highest BCUT2D eigenvalue weighted by Crippen LogP contribution is 2.70. The molecule has 6 spiro atoms. The zero-order chi connectivity index (χ0) is 103. The van der Waals surface area contributed by atoms with Crippen molar-refractivity contribution in [3.05, 3.63) is 0 Å². The standard InChI is InChI=1S/C56H79NO22.C50H73NO16/c1-27-10-13-36-30(4)44(67-47-54(36)33(27)20-23-51(7,71-47)74-77-54)65-42(61)18-16-39(58)57(40(59)17-19-43(62)66-45-31(5)37-14-11-28(2)34-21-24-52(8)72-48(68-45)55(34,37)78-75-52)41(60)26-64-50(63)70-46-32(6)38-15-12-29(3)35-22-25-53(9)73-49(69-46)56(35,38)79-76-53;1-24-10-13-33-27(4)36(55-41-48(33)30(24)16-19-45(7,59-41)62-65-48)22-38(52)51(39(53)23-37-28(5)34-14-11-25(2)31-17-20-46(8)60-42(56-37)49(31,34)66-63-46)44(54)58-40-29(6)35-15-12-26(3)32-18-21-47(9)61-43(57-40)50(32,35)67-64-47/h27-38,44-49H,10-26H2,1-9H3;24-37,40-43H,10-23H2,1-9H3/t27-,28-,29-,30-,31-,32-,33+,34+,35+,36+,37+,38+,44-,45-,46+,47-,48-,49-,51-,52+,53+,54-,55-,56-;24-,25-,26-,27-,28-,29-,30+,31+,32+,33+,34+,35+,36?,37?,40+,41-,42-,43-,45+,46+,47-,48-,49-,50-/m11/s1. The molecule has 30 rings (SSSR count). The second kappa shape index (κ2) is 37.5. The van der Waals surface area contributed by atoms with Crippen LogP contribution in [0.15, 0.2) is 0 Å². The minimum absolute atomic E-state index is 0.0551. The van der Waals surface area contributed by atoms with Crippen molar-refractivity contribution in [3.8, 4) is 0 Å². The van der Waals surface area contributed by atoms with E-state index in [9.17, 15) is 33.6 Å². The van der Waals surface area contributed by atoms with E-state index in [1.165, 1.54) is 0 Å². The van der Waals surface area contributed by atoms with Crippen molar-refractivity contribution < 1.29 is 182 Å². The van der Waals surface area contributed by atoms with Gasteiger partial charge in [-0.05, 0) is 240 Å². The van der Waals surface area contributed by atoms with Crippen molar-refractivity contribution in [2.45, 2.75) is 461 Å². The van der Waals surface area contributed by atoms with Crippen LogP contribution in [0.3, 0.4) is 0 Å². The van der Waals surface area contributed by atoms with E-state index in [0.717, 1.165) is 116 Å². The van der Waals surface area contributed by atoms with Crippen molar-refractivity contribution in [1.29, 1.82) is 0 Å². The maximum Gasteiger partial charge on any atom is 0.511 e. The van der Waals surface area contributed by atoms with Crippen LogP contribution in [0.5, 0.6) is 0 Å². The summed E-state index contributed by atoms with van der Waals surface area (Å²) in [6, 6.07) is 0. The number of fused-ring (bicyclic) bond motifs is 12. The summed E-state index contributed by atoms with van der Waals surface area (Å²) in [6.45, 7) is 34.8. The Kier molecular flexibility index (Phi) is 26.6. The molecule has 12 bridgehead atoms. The number of carbonyl (C=O) groups excluding carboxylic acids is 9. The number of nitrogens with zero attached hydrogens (tertiary/aromatic N) is 2. The van der Waals surface area contributed by atoms with Gasteiger partial charge < -0.3 is 80.5 Å². The van der Waals surface area contributed by atoms with E-state index in [1.54, 1.807) is 20.8 Å². The SMILES string of the molecule is C[C@H]1[C@H](OC(=O)CCC(=O)N(C(=O)CCC(=O)O[C@@H]2O[C@@H]3O[C@]4(C)CC[C@H]5[C@H](C)CC[C@@H]([C@H]2C)[C@@]35OO4)C(=O)COC(=O)O[C@@H]2O[C@@H]3O[C@]4(C)CC[C@H]5[C@H](C)CC[C@@H]([C@H]2C)[C@@]35OO4)O[C@@H]2O[C@@]3(C)CC[C@H]4[C@H](C)CC[C@@H]1[C@@]24OO3.C[C@H]1[C@H](OC(=O)N(C(=O)CC2O[C@@H]3O[C@]4(C)CC[C@H]5[C@H](C)CC[C@@H]([C@H]2C)[C@@]35OO4)C(=O)CC2O[C@@H]3O[C@]4(C)CC[C@H]5[C@H](C)CC[C@@H]([C@H]2C)[C@@]35OO4)O[C@@H]2O[C@@]3(C)CC[C@H]4[C@H](C)CC[C@@H]1[C@@]24OO3. The molecule has 814 valence electrons. The van der Waals surface area contributed by atoms with Gasteiger partial charge in [-0.15, -0.1) is 0 Å². The summed E-state index contributed by atoms with van der Waals surface area (Å²) in [7, 11) is 0. The van der Waals surface area contributed by atoms with Gasteiger partial charge in [0.1, 0.15) is 0 Å². The molecule has 146 heavy (non-hydrogen) atoms. The van der Waals surface area contributed by atoms with Crippen LogP contribution in [0.1, 0.15) is 317 Å². The molecule has 48 atom stereocenters. The lowest BCUT2D eigenvalue weighted by Crippen LogP contribution is -2.71. The summed E-state index contributed by atoms with van der Waals surface area (Å²) < 4.78 is 107. The first-order valence-corrected chi connectivity index (χ1v) is 55.2. The molecule has 40 heteroatoms. The van der Waals surface area contributed by atoms with Crippen LogP contribution in [0, 0.1) is 142 Å². The summed E-state index contributed by atoms with van der Waals surface area (Å²) in [5.41, 5.74) is -5.34. The molecular weight excluding hydrogens is 1910 g/mol. The Hall–Kier alpha value is -5.33. The van der Waals surface area contributed by atoms with Crippen LogP contribution < -0.4 is 0 Å². The molecule has 0 N–H and O–H groups in total. The summed E-state index contributed by atoms with van der Waals surface area (Å²) >= 11 is 0. The van der Waals surface area contributed by atoms with E-state index < -0.39 is 241 Å². The van der Waals surface area contributed by atoms with Gasteiger partial charge in [0, 0.05) is 111 Å². The fourth-order valence-corrected chi connectivity index (χ4v) is 33.2. The van der Waals surface area contributed by atoms with Crippen molar-refractivity contribution >= 4 is 53.7 Å². The van der Waals surface area contributed by atoms with Gasteiger partial charge in [-0.1, -0.05) is 83.1 Å². The molecule has 40 nitrogen and oxygen atoms in total. The number of imide groups is 6. The number of hydrogen-bond donors (Lipinski definition) is 0. The van der Waals surface area contributed by atoms with Crippen LogP contribution >= 0.6 is 0 Å². The van der Waals surface area contributed by atoms with Gasteiger partial charge >= 0.3 is 24.2 Å². The molecule has 24 saturated heterocycles. The predicted octanol–water partition coefficient (Wildman–Crippen LogP) is 15.3. The fourth-order valence-electron chi connectivity index (χ4n) is 33.2. The minimum atomic E-state index is -1.31. The Morgan fingerprint density at radius 3 is 0.753 bits per heavy atom. The van der Waals surface area contributed by atoms with Gasteiger partial charge in [-0.3, -0.25) is 33.6 Å². The quantitative estimate of drug-likeness (QED) is 0.0786. The molecule has 30 aliphatic rings. The monoisotopic (exact) mass is 2060 g/mol. The molecule has 0 aromatic carbocycles. The first-order chi connectivity index (χ1) is 69.4. The van der Waals surface area contributed by atoms with E-state index in [1.807, 2.05) is 48.5 Å². The highest BCUT2D eigenvalue weighted by molar-refractivity contribution is 6.12. The molecule has 0 aromatic rings. The Morgan fingerprint density at radius 1 is 0.247 bits per heavy atom. The molecular formula is C106H152N2O38. The molecule has 6 aliphatic carbocycles. The van der Waals surface area contributed by atoms with Crippen LogP contribution in [-0.2, 0) is 173 Å². The van der Waals surface area contributed by atoms with Gasteiger partial charge in [-0.2, -0.15) is 4.90 Å². The van der Waals surface area contributed by atoms with Gasteiger partial charge in [-0.25, -0.2) is 73.1 Å². The first kappa shape index (κ1) is 104. The molecule has 24 heterocycles. The van der Waals surface area contributed by atoms with Gasteiger partial charge in [0.05, 0.1) is 37.9 Å². The lowest BCUT2D eigenvalue weighted by atomic mass is 9.57. The number of esters is 2. The first-order valence-electron chi connectivity index (χ1n) is 55.2. The van der Waals surface area contributed by atoms with E-state index in [-0.39, 0.29) is 112 Å². The smallest absolute Gasteiger partial charge is 0.435 e. The molecule has 6 saturated carbocycles. The lowest BCUT2D eigenvalue weighted by Gasteiger charge is -2.60. The van der Waals surface area contributed by atoms with Crippen LogP contribution in [0.4, 0.5) is 9.59 Å². The molecule has 6 amide bonds. The zero-order valence-electron chi connectivity index (χ0n) is 87.6. The van der Waals surface area contributed by atoms with Crippen LogP contribution in [0.25, 0.3) is 0 Å². The maximum absolute atomic E-state index is 15.1. The molecule has 30 fully saturated rings. The topological polar surface area (TPSA) is 428 Å². The Morgan fingerprint density at radius 2 is 0.486 bits per heavy atom. The van der Waals surface area contributed by atoms with Crippen molar-refractivity contribution in [3.63, 3.8) is 0 Å². The molecule has 24 aliphatic heterocycles. The summed E-state index contributed by atoms with van der Waals surface area (Å²) in [5, 5.41) is 0. The fraction of sp³-hybridized carbons (Fsp3) is 0.915. The molecule has 2 unspecified atom stereocenters. The molecule has 0 radical (unpaired) electrons. The average molecular weight is 2060 g/mol. The van der Waals surface area contributed by atoms with Gasteiger partial charge in [0.25, 0.3) is 5.91 Å². The van der Waals surface area contributed by atoms with Gasteiger partial charge in [0.2, 0.25) is 83.5 Å². The third kappa shape index (κ3) is 16.5. The lowest BCUT2D eigenvalue weighted by molar-refractivity contribution is -0.576. The number of hydrogen-bond acceptors (Lipinski definition) is 38. The maximum atomic E-state index is 15.1. The van der Waals surface area contributed by atoms with Crippen LogP contribution in [0.2, 0.25) is 0 Å². The summed E-state index contributed by atoms with van der Waals surface area (Å²) in [6.07, 6.45) is 2.22. The van der Waals surface area contributed by atoms with E-state index in [0.29, 0.717) is 78.9 Å². The highest BCUT2D eigenvalue weighted by Gasteiger charge is 2.78. The number of amides is 6. The Labute approximate surface area is 851 Å². The zero-order valence-corrected chi connectivity index (χ0v) is 87.6. The molecule has 0 aromatic heterocycles. The second-order valence-electron chi connectivity index (χ2n) is 50.1. The third-order valence-corrected chi connectivity index (χ3v) is 41.5. The van der Waals surface area contributed by atoms with E-state index in [2.05, 4.69) is 55.4 Å². The summed E-state index contributed by atoms with van der Waals surface area (Å²) in [4.78, 5) is 203. The summed E-state index contributed by atoms with van der Waals surface area (Å²) in [5.74, 6) is -13.2. The van der Waals surface area contributed by atoms with Crippen molar-refractivity contribution in [2.24, 2.45) is 142 Å². The third-order valence-electron chi connectivity index (χ3n) is 41.5. The van der Waals surface area contributed by atoms with Crippen molar-refractivity contribution in [1.82, 2.24) is 9.80 Å². The average Bonchev–Trinajstić information content (AvgIpc) is 1.40.